The average molecular weight is 511 g/mol. The highest BCUT2D eigenvalue weighted by molar-refractivity contribution is 5.90. The molecule has 1 rings (SSSR count). The first-order valence-corrected chi connectivity index (χ1v) is 13.9. The van der Waals surface area contributed by atoms with Crippen LogP contribution in [-0.2, 0) is 23.9 Å². The van der Waals surface area contributed by atoms with Crippen LogP contribution in [-0.4, -0.2) is 78.0 Å². The Morgan fingerprint density at radius 2 is 1.64 bits per heavy atom. The van der Waals surface area contributed by atoms with Crippen molar-refractivity contribution in [3.63, 3.8) is 0 Å². The molecule has 1 amide bonds. The molecule has 7 heteroatoms. The number of carbonyl (C=O) groups is 3. The molecule has 0 aliphatic carbocycles. The molecule has 1 aliphatic heterocycles. The number of piperidine rings is 1. The summed E-state index contributed by atoms with van der Waals surface area (Å²) in [4.78, 5) is 44.1. The van der Waals surface area contributed by atoms with Gasteiger partial charge in [0.25, 0.3) is 0 Å². The molecule has 1 fully saturated rings. The molecule has 0 saturated carbocycles. The van der Waals surface area contributed by atoms with Crippen molar-refractivity contribution >= 4 is 17.7 Å². The smallest absolute Gasteiger partial charge is 0.309 e. The fourth-order valence-electron chi connectivity index (χ4n) is 5.42. The molecule has 0 radical (unpaired) electrons. The fraction of sp³-hybridized carbons (Fsp3) is 0.897. The second kappa shape index (κ2) is 14.5. The van der Waals surface area contributed by atoms with Crippen molar-refractivity contribution < 1.29 is 23.9 Å². The van der Waals surface area contributed by atoms with Crippen molar-refractivity contribution in [2.45, 2.75) is 131 Å². The van der Waals surface area contributed by atoms with Gasteiger partial charge < -0.3 is 14.4 Å². The third kappa shape index (κ3) is 9.44. The Kier molecular flexibility index (Phi) is 13.1. The number of hydrogen-bond donors (Lipinski definition) is 0. The highest BCUT2D eigenvalue weighted by Crippen LogP contribution is 2.29. The van der Waals surface area contributed by atoms with Crippen LogP contribution in [0.5, 0.6) is 0 Å². The minimum absolute atomic E-state index is 0.0180. The lowest BCUT2D eigenvalue weighted by Gasteiger charge is -2.41. The molecule has 1 saturated heterocycles. The van der Waals surface area contributed by atoms with Crippen molar-refractivity contribution in [3.05, 3.63) is 0 Å². The van der Waals surface area contributed by atoms with Gasteiger partial charge in [-0.25, -0.2) is 0 Å². The first-order chi connectivity index (χ1) is 16.6. The van der Waals surface area contributed by atoms with Gasteiger partial charge in [0.05, 0.1) is 24.6 Å². The van der Waals surface area contributed by atoms with Crippen molar-refractivity contribution in [1.82, 2.24) is 9.80 Å². The minimum Gasteiger partial charge on any atom is -0.460 e. The number of esters is 1. The van der Waals surface area contributed by atoms with E-state index in [0.717, 1.165) is 32.2 Å². The molecule has 1 unspecified atom stereocenters. The molecular weight excluding hydrogens is 456 g/mol. The largest absolute Gasteiger partial charge is 0.460 e. The van der Waals surface area contributed by atoms with Crippen LogP contribution >= 0.6 is 0 Å². The van der Waals surface area contributed by atoms with Crippen molar-refractivity contribution in [2.75, 3.05) is 20.7 Å². The topological polar surface area (TPSA) is 76.1 Å². The van der Waals surface area contributed by atoms with E-state index < -0.39 is 17.6 Å². The Labute approximate surface area is 220 Å². The van der Waals surface area contributed by atoms with E-state index >= 15 is 0 Å². The van der Waals surface area contributed by atoms with Crippen molar-refractivity contribution in [1.29, 1.82) is 0 Å². The van der Waals surface area contributed by atoms with Gasteiger partial charge in [0, 0.05) is 32.5 Å². The lowest BCUT2D eigenvalue weighted by molar-refractivity contribution is -0.161. The Morgan fingerprint density at radius 3 is 2.11 bits per heavy atom. The van der Waals surface area contributed by atoms with Crippen LogP contribution in [0.3, 0.4) is 0 Å². The maximum Gasteiger partial charge on any atom is 0.309 e. The van der Waals surface area contributed by atoms with Crippen LogP contribution < -0.4 is 0 Å². The SMILES string of the molecule is CC[C@H](C)C([C@@H](CC(=O)OC(C)(C)C)OC)N(C)C(=O)[C@@H](CC(=O)[C@H]1CCCCN1C(C)C)C(C)C. The molecule has 210 valence electrons. The first kappa shape index (κ1) is 32.6. The van der Waals surface area contributed by atoms with Gasteiger partial charge >= 0.3 is 5.97 Å². The molecule has 1 heterocycles. The number of nitrogens with zero attached hydrogens (tertiary/aromatic N) is 2. The number of carbonyl (C=O) groups excluding carboxylic acids is 3. The van der Waals surface area contributed by atoms with Crippen LogP contribution in [0.15, 0.2) is 0 Å². The van der Waals surface area contributed by atoms with E-state index in [1.54, 1.807) is 19.1 Å². The molecule has 1 aliphatic rings. The molecule has 0 aromatic heterocycles. The normalized spacial score (nSPS) is 20.6. The molecule has 0 N–H and O–H groups in total. The van der Waals surface area contributed by atoms with Gasteiger partial charge in [-0.15, -0.1) is 0 Å². The number of rotatable bonds is 13. The highest BCUT2D eigenvalue weighted by atomic mass is 16.6. The average Bonchev–Trinajstić information content (AvgIpc) is 2.79. The molecule has 7 nitrogen and oxygen atoms in total. The third-order valence-corrected chi connectivity index (χ3v) is 7.62. The van der Waals surface area contributed by atoms with E-state index in [-0.39, 0.29) is 54.4 Å². The predicted molar refractivity (Wildman–Crippen MR) is 145 cm³/mol. The molecule has 0 spiro atoms. The lowest BCUT2D eigenvalue weighted by Crippen LogP contribution is -2.53. The number of Topliss-reactive ketones (excluding diaryl/α,β-unsaturated/α-hetero) is 1. The van der Waals surface area contributed by atoms with Crippen LogP contribution in [0.25, 0.3) is 0 Å². The minimum atomic E-state index is -0.588. The van der Waals surface area contributed by atoms with Gasteiger partial charge in [-0.2, -0.15) is 0 Å². The monoisotopic (exact) mass is 510 g/mol. The van der Waals surface area contributed by atoms with E-state index in [0.29, 0.717) is 6.04 Å². The second-order valence-corrected chi connectivity index (χ2v) is 12.3. The predicted octanol–water partition coefficient (Wildman–Crippen LogP) is 5.10. The highest BCUT2D eigenvalue weighted by Gasteiger charge is 2.40. The Hall–Kier alpha value is -1.47. The fourth-order valence-corrected chi connectivity index (χ4v) is 5.42. The quantitative estimate of drug-likeness (QED) is 0.321. The van der Waals surface area contributed by atoms with E-state index in [1.165, 1.54) is 0 Å². The molecule has 0 bridgehead atoms. The zero-order chi connectivity index (χ0) is 27.8. The summed E-state index contributed by atoms with van der Waals surface area (Å²) in [6.07, 6.45) is 3.67. The number of hydrogen-bond acceptors (Lipinski definition) is 6. The van der Waals surface area contributed by atoms with Gasteiger partial charge in [-0.05, 0) is 65.8 Å². The lowest BCUT2D eigenvalue weighted by atomic mass is 9.84. The summed E-state index contributed by atoms with van der Waals surface area (Å²) in [5.41, 5.74) is -0.588. The van der Waals surface area contributed by atoms with Crippen LogP contribution in [0.1, 0.15) is 101 Å². The first-order valence-electron chi connectivity index (χ1n) is 13.9. The van der Waals surface area contributed by atoms with Crippen LogP contribution in [0.4, 0.5) is 0 Å². The number of likely N-dealkylation sites (tertiary alicyclic amines) is 1. The number of ether oxygens (including phenoxy) is 2. The van der Waals surface area contributed by atoms with E-state index in [1.807, 2.05) is 34.6 Å². The maximum absolute atomic E-state index is 13.9. The molecular formula is C29H54N2O5. The zero-order valence-electron chi connectivity index (χ0n) is 24.9. The molecule has 5 atom stereocenters. The zero-order valence-corrected chi connectivity index (χ0v) is 24.9. The Bertz CT molecular complexity index is 715. The summed E-state index contributed by atoms with van der Waals surface area (Å²) in [7, 11) is 3.37. The third-order valence-electron chi connectivity index (χ3n) is 7.62. The van der Waals surface area contributed by atoms with Crippen LogP contribution in [0, 0.1) is 17.8 Å². The van der Waals surface area contributed by atoms with Gasteiger partial charge in [-0.3, -0.25) is 19.3 Å². The van der Waals surface area contributed by atoms with E-state index in [2.05, 4.69) is 32.6 Å². The summed E-state index contributed by atoms with van der Waals surface area (Å²) in [5.74, 6) is -0.522. The molecule has 36 heavy (non-hydrogen) atoms. The summed E-state index contributed by atoms with van der Waals surface area (Å²) in [6, 6.07) is -0.110. The maximum atomic E-state index is 13.9. The Morgan fingerprint density at radius 1 is 1.03 bits per heavy atom. The van der Waals surface area contributed by atoms with Gasteiger partial charge in [0.15, 0.2) is 5.78 Å². The Balaban J connectivity index is 3.13. The standard InChI is InChI=1S/C29H54N2O5/c1-12-21(6)27(25(35-11)18-26(33)36-29(7,8)9)30(10)28(34)22(19(2)3)17-24(32)23-15-13-14-16-31(23)20(4)5/h19-23,25,27H,12-18H2,1-11H3/t21-,22-,23+,25+,27?/m0/s1. The number of ketones is 1. The number of amides is 1. The number of likely N-dealkylation sites (N-methyl/N-ethyl adjacent to an activating group) is 1. The van der Waals surface area contributed by atoms with E-state index in [9.17, 15) is 14.4 Å². The summed E-state index contributed by atoms with van der Waals surface area (Å²) < 4.78 is 11.3. The summed E-state index contributed by atoms with van der Waals surface area (Å²) in [6.45, 7) is 18.9. The van der Waals surface area contributed by atoms with Crippen molar-refractivity contribution in [3.8, 4) is 0 Å². The van der Waals surface area contributed by atoms with Gasteiger partial charge in [0.1, 0.15) is 5.60 Å². The van der Waals surface area contributed by atoms with Gasteiger partial charge in [-0.1, -0.05) is 40.5 Å². The second-order valence-electron chi connectivity index (χ2n) is 12.3. The van der Waals surface area contributed by atoms with E-state index in [4.69, 9.17) is 9.47 Å². The molecule has 0 aromatic rings. The number of methoxy groups -OCH3 is 1. The van der Waals surface area contributed by atoms with Crippen molar-refractivity contribution in [2.24, 2.45) is 17.8 Å². The summed E-state index contributed by atoms with van der Waals surface area (Å²) >= 11 is 0. The van der Waals surface area contributed by atoms with Gasteiger partial charge in [0.2, 0.25) is 5.91 Å². The summed E-state index contributed by atoms with van der Waals surface area (Å²) in [5, 5.41) is 0. The molecule has 0 aromatic carbocycles. The van der Waals surface area contributed by atoms with Crippen LogP contribution in [0.2, 0.25) is 0 Å².